The molecule has 1 heterocycles. The van der Waals surface area contributed by atoms with Gasteiger partial charge in [-0.15, -0.1) is 0 Å². The number of carbonyl (C=O) groups excluding carboxylic acids is 1. The normalized spacial score (nSPS) is 22.0. The van der Waals surface area contributed by atoms with E-state index in [4.69, 9.17) is 10.5 Å². The van der Waals surface area contributed by atoms with Gasteiger partial charge in [0.05, 0.1) is 17.9 Å². The smallest absolute Gasteiger partial charge is 0.255 e. The van der Waals surface area contributed by atoms with E-state index in [1.807, 2.05) is 0 Å². The number of nitrogens with two attached hydrogens (primary N) is 1. The topological polar surface area (TPSA) is 97.5 Å². The highest BCUT2D eigenvalue weighted by atomic mass is 16.5. The molecule has 6 nitrogen and oxygen atoms in total. The van der Waals surface area contributed by atoms with Gasteiger partial charge in [-0.1, -0.05) is 0 Å². The largest absolute Gasteiger partial charge is 0.505 e. The van der Waals surface area contributed by atoms with Gasteiger partial charge in [-0.05, 0) is 38.2 Å². The quantitative estimate of drug-likeness (QED) is 0.685. The van der Waals surface area contributed by atoms with E-state index < -0.39 is 0 Å². The van der Waals surface area contributed by atoms with Crippen LogP contribution in [0.4, 0.5) is 0 Å². The zero-order valence-corrected chi connectivity index (χ0v) is 12.1. The first-order chi connectivity index (χ1) is 10.2. The van der Waals surface area contributed by atoms with Gasteiger partial charge in [0.15, 0.2) is 0 Å². The van der Waals surface area contributed by atoms with Crippen LogP contribution in [0.25, 0.3) is 0 Å². The highest BCUT2D eigenvalue weighted by Gasteiger charge is 2.18. The Morgan fingerprint density at radius 2 is 2.19 bits per heavy atom. The lowest BCUT2D eigenvalue weighted by molar-refractivity contribution is 0.0241. The molecule has 0 spiro atoms. The van der Waals surface area contributed by atoms with Crippen molar-refractivity contribution in [1.29, 1.82) is 0 Å². The number of aromatic hydroxyl groups is 1. The third kappa shape index (κ3) is 4.99. The molecular weight excluding hydrogens is 270 g/mol. The van der Waals surface area contributed by atoms with Crippen LogP contribution >= 0.6 is 0 Å². The summed E-state index contributed by atoms with van der Waals surface area (Å²) in [7, 11) is 0. The molecule has 116 valence electrons. The molecule has 0 aromatic carbocycles. The maximum atomic E-state index is 11.8. The fourth-order valence-corrected chi connectivity index (χ4v) is 2.45. The molecule has 1 aromatic heterocycles. The molecule has 21 heavy (non-hydrogen) atoms. The summed E-state index contributed by atoms with van der Waals surface area (Å²) in [5.41, 5.74) is 6.09. The minimum absolute atomic E-state index is 0.107. The number of pyridine rings is 1. The second kappa shape index (κ2) is 7.95. The molecule has 0 radical (unpaired) electrons. The highest BCUT2D eigenvalue weighted by Crippen LogP contribution is 2.19. The summed E-state index contributed by atoms with van der Waals surface area (Å²) in [5.74, 6) is -0.400. The summed E-state index contributed by atoms with van der Waals surface area (Å²) in [5, 5.41) is 12.3. The first-order valence-corrected chi connectivity index (χ1v) is 7.45. The molecule has 0 atom stereocenters. The number of amides is 1. The summed E-state index contributed by atoms with van der Waals surface area (Å²) < 4.78 is 5.78. The fourth-order valence-electron chi connectivity index (χ4n) is 2.45. The molecule has 1 aliphatic rings. The molecule has 2 rings (SSSR count). The van der Waals surface area contributed by atoms with Crippen molar-refractivity contribution >= 4 is 5.91 Å². The Kier molecular flexibility index (Phi) is 5.95. The highest BCUT2D eigenvalue weighted by molar-refractivity contribution is 5.96. The molecule has 1 saturated carbocycles. The first kappa shape index (κ1) is 15.7. The molecule has 1 amide bonds. The Labute approximate surface area is 124 Å². The van der Waals surface area contributed by atoms with Crippen LogP contribution in [0.1, 0.15) is 42.5 Å². The van der Waals surface area contributed by atoms with E-state index in [1.165, 1.54) is 18.5 Å². The van der Waals surface area contributed by atoms with Gasteiger partial charge in [-0.25, -0.2) is 0 Å². The third-order valence-electron chi connectivity index (χ3n) is 3.72. The Morgan fingerprint density at radius 3 is 2.90 bits per heavy atom. The first-order valence-electron chi connectivity index (χ1n) is 7.45. The zero-order chi connectivity index (χ0) is 15.1. The average molecular weight is 293 g/mol. The van der Waals surface area contributed by atoms with Crippen LogP contribution < -0.4 is 11.1 Å². The zero-order valence-electron chi connectivity index (χ0n) is 12.1. The molecule has 1 aromatic rings. The molecule has 6 heteroatoms. The van der Waals surface area contributed by atoms with Crippen molar-refractivity contribution in [1.82, 2.24) is 10.3 Å². The van der Waals surface area contributed by atoms with Crippen molar-refractivity contribution < 1.29 is 14.6 Å². The number of hydrogen-bond acceptors (Lipinski definition) is 5. The van der Waals surface area contributed by atoms with Crippen LogP contribution in [-0.4, -0.2) is 41.3 Å². The lowest BCUT2D eigenvalue weighted by Crippen LogP contribution is -2.31. The van der Waals surface area contributed by atoms with E-state index in [1.54, 1.807) is 0 Å². The molecule has 0 saturated heterocycles. The van der Waals surface area contributed by atoms with E-state index in [9.17, 15) is 9.90 Å². The lowest BCUT2D eigenvalue weighted by Gasteiger charge is -2.26. The lowest BCUT2D eigenvalue weighted by atomic mass is 9.94. The van der Waals surface area contributed by atoms with Gasteiger partial charge in [0.1, 0.15) is 5.75 Å². The molecule has 1 aliphatic carbocycles. The third-order valence-corrected chi connectivity index (χ3v) is 3.72. The number of nitrogens with zero attached hydrogens (tertiary/aromatic N) is 1. The molecule has 4 N–H and O–H groups in total. The van der Waals surface area contributed by atoms with Crippen molar-refractivity contribution in [3.05, 3.63) is 24.0 Å². The Balaban J connectivity index is 1.60. The number of ether oxygens (including phenoxy) is 1. The molecular formula is C15H23N3O3. The Hall–Kier alpha value is -1.66. The number of carbonyl (C=O) groups is 1. The van der Waals surface area contributed by atoms with Gasteiger partial charge in [-0.3, -0.25) is 9.78 Å². The van der Waals surface area contributed by atoms with Crippen LogP contribution in [0.3, 0.4) is 0 Å². The second-order valence-corrected chi connectivity index (χ2v) is 5.41. The van der Waals surface area contributed by atoms with Crippen LogP contribution in [0.15, 0.2) is 18.5 Å². The van der Waals surface area contributed by atoms with Gasteiger partial charge in [0.2, 0.25) is 0 Å². The predicted molar refractivity (Wildman–Crippen MR) is 79.0 cm³/mol. The van der Waals surface area contributed by atoms with Crippen LogP contribution in [0, 0.1) is 0 Å². The minimum Gasteiger partial charge on any atom is -0.505 e. The maximum absolute atomic E-state index is 11.8. The Morgan fingerprint density at radius 1 is 1.43 bits per heavy atom. The van der Waals surface area contributed by atoms with Gasteiger partial charge >= 0.3 is 0 Å². The summed E-state index contributed by atoms with van der Waals surface area (Å²) in [6.07, 6.45) is 7.91. The van der Waals surface area contributed by atoms with Crippen molar-refractivity contribution in [2.75, 3.05) is 13.2 Å². The fraction of sp³-hybridized carbons (Fsp3) is 0.600. The maximum Gasteiger partial charge on any atom is 0.255 e. The Bertz CT molecular complexity index is 459. The average Bonchev–Trinajstić information content (AvgIpc) is 2.49. The van der Waals surface area contributed by atoms with Gasteiger partial charge in [0.25, 0.3) is 5.91 Å². The van der Waals surface area contributed by atoms with Crippen LogP contribution in [0.5, 0.6) is 5.75 Å². The number of rotatable bonds is 6. The molecule has 1 fully saturated rings. The number of hydrogen-bond donors (Lipinski definition) is 3. The summed E-state index contributed by atoms with van der Waals surface area (Å²) >= 11 is 0. The van der Waals surface area contributed by atoms with Crippen molar-refractivity contribution in [3.63, 3.8) is 0 Å². The van der Waals surface area contributed by atoms with E-state index >= 15 is 0 Å². The van der Waals surface area contributed by atoms with Crippen LogP contribution in [0.2, 0.25) is 0 Å². The number of nitrogens with one attached hydrogen (secondary N) is 1. The van der Waals surface area contributed by atoms with Gasteiger partial charge < -0.3 is 20.9 Å². The van der Waals surface area contributed by atoms with E-state index in [0.29, 0.717) is 25.3 Å². The molecule has 0 bridgehead atoms. The van der Waals surface area contributed by atoms with E-state index in [0.717, 1.165) is 32.1 Å². The summed E-state index contributed by atoms with van der Waals surface area (Å²) in [6.45, 7) is 1.15. The number of aromatic nitrogens is 1. The summed E-state index contributed by atoms with van der Waals surface area (Å²) in [6, 6.07) is 1.82. The van der Waals surface area contributed by atoms with E-state index in [2.05, 4.69) is 10.3 Å². The van der Waals surface area contributed by atoms with Crippen LogP contribution in [-0.2, 0) is 4.74 Å². The SMILES string of the molecule is NC1CCC(OCCCNC(=O)c2ccncc2O)CC1. The monoisotopic (exact) mass is 293 g/mol. The van der Waals surface area contributed by atoms with Gasteiger partial charge in [0, 0.05) is 25.4 Å². The van der Waals surface area contributed by atoms with Gasteiger partial charge in [-0.2, -0.15) is 0 Å². The van der Waals surface area contributed by atoms with Crippen molar-refractivity contribution in [3.8, 4) is 5.75 Å². The molecule has 0 aliphatic heterocycles. The summed E-state index contributed by atoms with van der Waals surface area (Å²) in [4.78, 5) is 15.5. The minimum atomic E-state index is -0.293. The molecule has 0 unspecified atom stereocenters. The van der Waals surface area contributed by atoms with Crippen molar-refractivity contribution in [2.45, 2.75) is 44.2 Å². The standard InChI is InChI=1S/C15H23N3O3/c16-11-2-4-12(5-3-11)21-9-1-7-18-15(20)13-6-8-17-10-14(13)19/h6,8,10-12,19H,1-5,7,9,16H2,(H,18,20). The predicted octanol–water partition coefficient (Wildman–Crippen LogP) is 1.19. The van der Waals surface area contributed by atoms with Crippen molar-refractivity contribution in [2.24, 2.45) is 5.73 Å². The second-order valence-electron chi connectivity index (χ2n) is 5.41. The van der Waals surface area contributed by atoms with E-state index in [-0.39, 0.29) is 17.2 Å².